The van der Waals surface area contributed by atoms with Crippen molar-refractivity contribution >= 4 is 45.6 Å². The number of amides is 1. The third-order valence-electron chi connectivity index (χ3n) is 2.86. The summed E-state index contributed by atoms with van der Waals surface area (Å²) in [5, 5.41) is 12.1. The summed E-state index contributed by atoms with van der Waals surface area (Å²) >= 11 is 12.9. The van der Waals surface area contributed by atoms with Gasteiger partial charge in [0.25, 0.3) is 5.91 Å². The van der Waals surface area contributed by atoms with E-state index in [1.165, 1.54) is 41.7 Å². The molecule has 3 rings (SSSR count). The summed E-state index contributed by atoms with van der Waals surface area (Å²) in [5.74, 6) is -0.721. The van der Waals surface area contributed by atoms with Crippen LogP contribution in [0.4, 0.5) is 9.52 Å². The number of anilines is 1. The number of nitrogens with one attached hydrogen (secondary N) is 1. The van der Waals surface area contributed by atoms with Gasteiger partial charge < -0.3 is 0 Å². The topological polar surface area (TPSA) is 54.9 Å². The first-order valence-electron chi connectivity index (χ1n) is 6.38. The van der Waals surface area contributed by atoms with E-state index in [0.717, 1.165) is 5.56 Å². The molecule has 1 heterocycles. The Hall–Kier alpha value is -2.02. The first-order valence-corrected chi connectivity index (χ1v) is 7.95. The Kier molecular flexibility index (Phi) is 4.56. The SMILES string of the molecule is O=C(Nc1nnc(-c2ccc(F)cc2)s1)c1cc(Cl)cc(Cl)c1. The van der Waals surface area contributed by atoms with Gasteiger partial charge in [0.1, 0.15) is 10.8 Å². The van der Waals surface area contributed by atoms with Crippen LogP contribution in [0, 0.1) is 5.82 Å². The van der Waals surface area contributed by atoms with Crippen molar-refractivity contribution in [3.05, 3.63) is 63.9 Å². The molecule has 116 valence electrons. The number of carbonyl (C=O) groups is 1. The maximum atomic E-state index is 12.9. The highest BCUT2D eigenvalue weighted by Gasteiger charge is 2.12. The van der Waals surface area contributed by atoms with Crippen LogP contribution < -0.4 is 5.32 Å². The standard InChI is InChI=1S/C15H8Cl2FN3OS/c16-10-5-9(6-11(17)7-10)13(22)19-15-21-20-14(23-15)8-1-3-12(18)4-2-8/h1-7H,(H,19,21,22). The number of benzene rings is 2. The van der Waals surface area contributed by atoms with Gasteiger partial charge in [-0.15, -0.1) is 10.2 Å². The zero-order chi connectivity index (χ0) is 16.4. The fourth-order valence-corrected chi connectivity index (χ4v) is 3.11. The molecule has 0 fully saturated rings. The minimum Gasteiger partial charge on any atom is -0.296 e. The number of halogens is 3. The second kappa shape index (κ2) is 6.62. The smallest absolute Gasteiger partial charge is 0.257 e. The lowest BCUT2D eigenvalue weighted by atomic mass is 10.2. The Morgan fingerprint density at radius 1 is 1.04 bits per heavy atom. The molecule has 0 unspecified atom stereocenters. The molecule has 0 bridgehead atoms. The zero-order valence-electron chi connectivity index (χ0n) is 11.4. The Morgan fingerprint density at radius 2 is 1.70 bits per heavy atom. The molecular formula is C15H8Cl2FN3OS. The average molecular weight is 368 g/mol. The number of hydrogen-bond donors (Lipinski definition) is 1. The van der Waals surface area contributed by atoms with E-state index in [9.17, 15) is 9.18 Å². The highest BCUT2D eigenvalue weighted by molar-refractivity contribution is 7.18. The highest BCUT2D eigenvalue weighted by Crippen LogP contribution is 2.27. The lowest BCUT2D eigenvalue weighted by molar-refractivity contribution is 0.102. The third-order valence-corrected chi connectivity index (χ3v) is 4.19. The van der Waals surface area contributed by atoms with Gasteiger partial charge >= 0.3 is 0 Å². The number of carbonyl (C=O) groups excluding carboxylic acids is 1. The van der Waals surface area contributed by atoms with E-state index in [1.807, 2.05) is 0 Å². The molecule has 0 spiro atoms. The Balaban J connectivity index is 1.78. The molecule has 8 heteroatoms. The van der Waals surface area contributed by atoms with Gasteiger partial charge in [-0.25, -0.2) is 4.39 Å². The minimum atomic E-state index is -0.392. The van der Waals surface area contributed by atoms with Crippen molar-refractivity contribution < 1.29 is 9.18 Å². The predicted molar refractivity (Wildman–Crippen MR) is 89.7 cm³/mol. The van der Waals surface area contributed by atoms with Crippen molar-refractivity contribution in [1.82, 2.24) is 10.2 Å². The summed E-state index contributed by atoms with van der Waals surface area (Å²) in [6, 6.07) is 10.4. The van der Waals surface area contributed by atoms with Crippen LogP contribution in [0.2, 0.25) is 10.0 Å². The van der Waals surface area contributed by atoms with E-state index in [2.05, 4.69) is 15.5 Å². The Labute approximate surface area is 144 Å². The van der Waals surface area contributed by atoms with E-state index in [4.69, 9.17) is 23.2 Å². The molecular weight excluding hydrogens is 360 g/mol. The second-order valence-corrected chi connectivity index (χ2v) is 6.38. The van der Waals surface area contributed by atoms with E-state index in [-0.39, 0.29) is 5.82 Å². The van der Waals surface area contributed by atoms with Crippen molar-refractivity contribution in [3.63, 3.8) is 0 Å². The summed E-state index contributed by atoms with van der Waals surface area (Å²) in [4.78, 5) is 12.2. The van der Waals surface area contributed by atoms with Gasteiger partial charge in [-0.1, -0.05) is 34.5 Å². The molecule has 1 aromatic heterocycles. The monoisotopic (exact) mass is 367 g/mol. The Morgan fingerprint density at radius 3 is 2.35 bits per heavy atom. The maximum absolute atomic E-state index is 12.9. The van der Waals surface area contributed by atoms with Crippen molar-refractivity contribution in [2.75, 3.05) is 5.32 Å². The van der Waals surface area contributed by atoms with Gasteiger partial charge in [0.2, 0.25) is 5.13 Å². The summed E-state index contributed by atoms with van der Waals surface area (Å²) in [5.41, 5.74) is 1.04. The molecule has 0 aliphatic carbocycles. The van der Waals surface area contributed by atoms with E-state index in [0.29, 0.717) is 25.7 Å². The van der Waals surface area contributed by atoms with Crippen LogP contribution in [-0.2, 0) is 0 Å². The zero-order valence-corrected chi connectivity index (χ0v) is 13.7. The summed E-state index contributed by atoms with van der Waals surface area (Å²) in [7, 11) is 0. The van der Waals surface area contributed by atoms with Gasteiger partial charge in [0.05, 0.1) is 0 Å². The van der Waals surface area contributed by atoms with Gasteiger partial charge in [0.15, 0.2) is 0 Å². The molecule has 3 aromatic rings. The molecule has 23 heavy (non-hydrogen) atoms. The van der Waals surface area contributed by atoms with Gasteiger partial charge in [-0.05, 0) is 42.5 Å². The molecule has 1 N–H and O–H groups in total. The molecule has 0 saturated heterocycles. The van der Waals surface area contributed by atoms with Crippen LogP contribution in [-0.4, -0.2) is 16.1 Å². The number of aromatic nitrogens is 2. The molecule has 0 atom stereocenters. The van der Waals surface area contributed by atoms with Crippen LogP contribution >= 0.6 is 34.5 Å². The Bertz CT molecular complexity index is 847. The van der Waals surface area contributed by atoms with E-state index >= 15 is 0 Å². The fraction of sp³-hybridized carbons (Fsp3) is 0. The summed E-state index contributed by atoms with van der Waals surface area (Å²) in [6.07, 6.45) is 0. The van der Waals surface area contributed by atoms with Crippen molar-refractivity contribution in [2.24, 2.45) is 0 Å². The molecule has 0 saturated carbocycles. The van der Waals surface area contributed by atoms with Crippen LogP contribution in [0.25, 0.3) is 10.6 Å². The van der Waals surface area contributed by atoms with Crippen molar-refractivity contribution in [1.29, 1.82) is 0 Å². The minimum absolute atomic E-state index is 0.320. The summed E-state index contributed by atoms with van der Waals surface area (Å²) < 4.78 is 12.9. The maximum Gasteiger partial charge on any atom is 0.257 e. The molecule has 4 nitrogen and oxygen atoms in total. The fourth-order valence-electron chi connectivity index (χ4n) is 1.84. The van der Waals surface area contributed by atoms with Gasteiger partial charge in [-0.2, -0.15) is 0 Å². The first-order chi connectivity index (χ1) is 11.0. The molecule has 0 aliphatic rings. The lowest BCUT2D eigenvalue weighted by Gasteiger charge is -2.02. The lowest BCUT2D eigenvalue weighted by Crippen LogP contribution is -2.11. The van der Waals surface area contributed by atoms with Crippen molar-refractivity contribution in [2.45, 2.75) is 0 Å². The molecule has 0 aliphatic heterocycles. The second-order valence-electron chi connectivity index (χ2n) is 4.53. The average Bonchev–Trinajstić information content (AvgIpc) is 2.95. The van der Waals surface area contributed by atoms with Gasteiger partial charge in [0, 0.05) is 21.2 Å². The third kappa shape index (κ3) is 3.85. The molecule has 0 radical (unpaired) electrons. The van der Waals surface area contributed by atoms with Gasteiger partial charge in [-0.3, -0.25) is 10.1 Å². The normalized spacial score (nSPS) is 10.6. The first kappa shape index (κ1) is 15.9. The van der Waals surface area contributed by atoms with E-state index in [1.54, 1.807) is 12.1 Å². The van der Waals surface area contributed by atoms with Crippen molar-refractivity contribution in [3.8, 4) is 10.6 Å². The van der Waals surface area contributed by atoms with Crippen LogP contribution in [0.15, 0.2) is 42.5 Å². The predicted octanol–water partition coefficient (Wildman–Crippen LogP) is 4.90. The quantitative estimate of drug-likeness (QED) is 0.715. The molecule has 2 aromatic carbocycles. The molecule has 1 amide bonds. The number of rotatable bonds is 3. The van der Waals surface area contributed by atoms with Crippen LogP contribution in [0.5, 0.6) is 0 Å². The highest BCUT2D eigenvalue weighted by atomic mass is 35.5. The number of nitrogens with zero attached hydrogens (tertiary/aromatic N) is 2. The summed E-state index contributed by atoms with van der Waals surface area (Å²) in [6.45, 7) is 0. The van der Waals surface area contributed by atoms with E-state index < -0.39 is 5.91 Å². The van der Waals surface area contributed by atoms with Crippen LogP contribution in [0.3, 0.4) is 0 Å². The number of hydrogen-bond acceptors (Lipinski definition) is 4. The van der Waals surface area contributed by atoms with Crippen LogP contribution in [0.1, 0.15) is 10.4 Å². The largest absolute Gasteiger partial charge is 0.296 e.